The van der Waals surface area contributed by atoms with Gasteiger partial charge in [0.1, 0.15) is 0 Å². The smallest absolute Gasteiger partial charge is 0.271 e. The van der Waals surface area contributed by atoms with Crippen molar-refractivity contribution in [3.05, 3.63) is 29.3 Å². The van der Waals surface area contributed by atoms with Gasteiger partial charge in [0.05, 0.1) is 10.6 Å². The Labute approximate surface area is 116 Å². The van der Waals surface area contributed by atoms with Gasteiger partial charge in [-0.3, -0.25) is 9.48 Å². The van der Waals surface area contributed by atoms with Gasteiger partial charge >= 0.3 is 0 Å². The van der Waals surface area contributed by atoms with Gasteiger partial charge in [0.2, 0.25) is 0 Å². The van der Waals surface area contributed by atoms with Crippen molar-refractivity contribution < 1.29 is 4.79 Å². The molecule has 0 unspecified atom stereocenters. The lowest BCUT2D eigenvalue weighted by atomic mass is 10.3. The van der Waals surface area contributed by atoms with Crippen LogP contribution in [-0.4, -0.2) is 47.8 Å². The van der Waals surface area contributed by atoms with Crippen molar-refractivity contribution in [2.45, 2.75) is 0 Å². The quantitative estimate of drug-likeness (QED) is 0.900. The SMILES string of the molecule is CN(C)CCNC(=O)c1cc(-c2cccs2)n(C)n1. The zero-order valence-electron chi connectivity index (χ0n) is 11.4. The summed E-state index contributed by atoms with van der Waals surface area (Å²) in [7, 11) is 5.80. The van der Waals surface area contributed by atoms with Gasteiger partial charge in [-0.15, -0.1) is 11.3 Å². The summed E-state index contributed by atoms with van der Waals surface area (Å²) in [6.07, 6.45) is 0. The molecule has 1 amide bonds. The number of aryl methyl sites for hydroxylation is 1. The highest BCUT2D eigenvalue weighted by atomic mass is 32.1. The highest BCUT2D eigenvalue weighted by Gasteiger charge is 2.13. The summed E-state index contributed by atoms with van der Waals surface area (Å²) < 4.78 is 1.74. The molecule has 0 atom stereocenters. The summed E-state index contributed by atoms with van der Waals surface area (Å²) in [4.78, 5) is 15.1. The third-order valence-corrected chi connectivity index (χ3v) is 3.62. The van der Waals surface area contributed by atoms with Crippen molar-refractivity contribution in [1.82, 2.24) is 20.0 Å². The average Bonchev–Trinajstić information content (AvgIpc) is 2.96. The molecule has 19 heavy (non-hydrogen) atoms. The van der Waals surface area contributed by atoms with Crippen molar-refractivity contribution >= 4 is 17.2 Å². The second-order valence-electron chi connectivity index (χ2n) is 4.57. The van der Waals surface area contributed by atoms with Crippen molar-refractivity contribution in [2.75, 3.05) is 27.2 Å². The summed E-state index contributed by atoms with van der Waals surface area (Å²) in [6.45, 7) is 1.44. The Hall–Kier alpha value is -1.66. The zero-order chi connectivity index (χ0) is 13.8. The first-order valence-corrected chi connectivity index (χ1v) is 6.96. The third kappa shape index (κ3) is 3.42. The van der Waals surface area contributed by atoms with E-state index in [1.807, 2.05) is 49.6 Å². The molecular formula is C13H18N4OS. The number of thiophene rings is 1. The van der Waals surface area contributed by atoms with Crippen molar-refractivity contribution in [3.63, 3.8) is 0 Å². The van der Waals surface area contributed by atoms with Crippen LogP contribution in [0.25, 0.3) is 10.6 Å². The number of amides is 1. The Morgan fingerprint density at radius 2 is 2.32 bits per heavy atom. The molecule has 102 valence electrons. The van der Waals surface area contributed by atoms with E-state index < -0.39 is 0 Å². The summed E-state index contributed by atoms with van der Waals surface area (Å²) in [5.74, 6) is -0.125. The summed E-state index contributed by atoms with van der Waals surface area (Å²) in [5, 5.41) is 9.14. The fraction of sp³-hybridized carbons (Fsp3) is 0.385. The number of carbonyl (C=O) groups is 1. The molecule has 0 aliphatic carbocycles. The van der Waals surface area contributed by atoms with Crippen LogP contribution < -0.4 is 5.32 Å². The number of aromatic nitrogens is 2. The van der Waals surface area contributed by atoms with E-state index >= 15 is 0 Å². The molecular weight excluding hydrogens is 260 g/mol. The number of likely N-dealkylation sites (N-methyl/N-ethyl adjacent to an activating group) is 1. The van der Waals surface area contributed by atoms with Crippen LogP contribution in [0.4, 0.5) is 0 Å². The van der Waals surface area contributed by atoms with Crippen LogP contribution in [0.5, 0.6) is 0 Å². The minimum absolute atomic E-state index is 0.125. The lowest BCUT2D eigenvalue weighted by Gasteiger charge is -2.09. The average molecular weight is 278 g/mol. The summed E-state index contributed by atoms with van der Waals surface area (Å²) in [5.41, 5.74) is 1.43. The number of carbonyl (C=O) groups excluding carboxylic acids is 1. The normalized spacial score (nSPS) is 10.9. The molecule has 0 saturated heterocycles. The monoisotopic (exact) mass is 278 g/mol. The second-order valence-corrected chi connectivity index (χ2v) is 5.52. The van der Waals surface area contributed by atoms with E-state index in [1.54, 1.807) is 16.0 Å². The van der Waals surface area contributed by atoms with E-state index in [4.69, 9.17) is 0 Å². The maximum atomic E-state index is 12.0. The number of nitrogens with zero attached hydrogens (tertiary/aromatic N) is 3. The van der Waals surface area contributed by atoms with Crippen molar-refractivity contribution in [2.24, 2.45) is 7.05 Å². The van der Waals surface area contributed by atoms with Gasteiger partial charge < -0.3 is 10.2 Å². The molecule has 0 fully saturated rings. The first-order valence-electron chi connectivity index (χ1n) is 6.09. The molecule has 0 aliphatic heterocycles. The standard InChI is InChI=1S/C13H18N4OS/c1-16(2)7-6-14-13(18)10-9-11(17(3)15-10)12-5-4-8-19-12/h4-5,8-9H,6-7H2,1-3H3,(H,14,18). The highest BCUT2D eigenvalue weighted by molar-refractivity contribution is 7.13. The third-order valence-electron chi connectivity index (χ3n) is 2.73. The fourth-order valence-corrected chi connectivity index (χ4v) is 2.49. The van der Waals surface area contributed by atoms with Crippen LogP contribution in [0.15, 0.2) is 23.6 Å². The predicted octanol–water partition coefficient (Wildman–Crippen LogP) is 1.44. The summed E-state index contributed by atoms with van der Waals surface area (Å²) in [6, 6.07) is 5.84. The van der Waals surface area contributed by atoms with Crippen molar-refractivity contribution in [3.8, 4) is 10.6 Å². The molecule has 5 nitrogen and oxygen atoms in total. The molecule has 2 heterocycles. The topological polar surface area (TPSA) is 50.2 Å². The molecule has 0 aromatic carbocycles. The molecule has 0 saturated carbocycles. The lowest BCUT2D eigenvalue weighted by molar-refractivity contribution is 0.0945. The molecule has 1 N–H and O–H groups in total. The first kappa shape index (κ1) is 13.8. The van der Waals surface area contributed by atoms with Crippen LogP contribution in [0, 0.1) is 0 Å². The van der Waals surface area contributed by atoms with E-state index in [1.165, 1.54) is 0 Å². The van der Waals surface area contributed by atoms with Gasteiger partial charge in [-0.1, -0.05) is 6.07 Å². The van der Waals surface area contributed by atoms with Crippen molar-refractivity contribution in [1.29, 1.82) is 0 Å². The molecule has 6 heteroatoms. The van der Waals surface area contributed by atoms with E-state index in [0.29, 0.717) is 12.2 Å². The molecule has 2 aromatic heterocycles. The lowest BCUT2D eigenvalue weighted by Crippen LogP contribution is -2.31. The predicted molar refractivity (Wildman–Crippen MR) is 77.4 cm³/mol. The fourth-order valence-electron chi connectivity index (χ4n) is 1.72. The van der Waals surface area contributed by atoms with Gasteiger partial charge in [-0.25, -0.2) is 0 Å². The molecule has 0 radical (unpaired) electrons. The second kappa shape index (κ2) is 5.99. The Balaban J connectivity index is 2.05. The molecule has 2 rings (SSSR count). The van der Waals surface area contributed by atoms with Crippen LogP contribution in [0.2, 0.25) is 0 Å². The minimum atomic E-state index is -0.125. The minimum Gasteiger partial charge on any atom is -0.349 e. The van der Waals surface area contributed by atoms with E-state index in [9.17, 15) is 4.79 Å². The van der Waals surface area contributed by atoms with Crippen LogP contribution >= 0.6 is 11.3 Å². The van der Waals surface area contributed by atoms with Gasteiger partial charge in [-0.2, -0.15) is 5.10 Å². The maximum Gasteiger partial charge on any atom is 0.271 e. The Morgan fingerprint density at radius 3 is 2.95 bits per heavy atom. The zero-order valence-corrected chi connectivity index (χ0v) is 12.2. The van der Waals surface area contributed by atoms with E-state index in [2.05, 4.69) is 10.4 Å². The maximum absolute atomic E-state index is 12.0. The summed E-state index contributed by atoms with van der Waals surface area (Å²) >= 11 is 1.64. The van der Waals surface area contributed by atoms with Gasteiger partial charge in [0.25, 0.3) is 5.91 Å². The van der Waals surface area contributed by atoms with Crippen LogP contribution in [0.3, 0.4) is 0 Å². The number of hydrogen-bond donors (Lipinski definition) is 1. The Kier molecular flexibility index (Phi) is 4.34. The van der Waals surface area contributed by atoms with E-state index in [-0.39, 0.29) is 5.91 Å². The Morgan fingerprint density at radius 1 is 1.53 bits per heavy atom. The number of nitrogens with one attached hydrogen (secondary N) is 1. The largest absolute Gasteiger partial charge is 0.349 e. The van der Waals surface area contributed by atoms with Gasteiger partial charge in [-0.05, 0) is 31.6 Å². The number of hydrogen-bond acceptors (Lipinski definition) is 4. The van der Waals surface area contributed by atoms with Gasteiger partial charge in [0.15, 0.2) is 5.69 Å². The highest BCUT2D eigenvalue weighted by Crippen LogP contribution is 2.24. The van der Waals surface area contributed by atoms with Crippen LogP contribution in [0.1, 0.15) is 10.5 Å². The van der Waals surface area contributed by atoms with Crippen LogP contribution in [-0.2, 0) is 7.05 Å². The first-order chi connectivity index (χ1) is 9.08. The molecule has 2 aromatic rings. The molecule has 0 spiro atoms. The molecule has 0 aliphatic rings. The number of rotatable bonds is 5. The van der Waals surface area contributed by atoms with E-state index in [0.717, 1.165) is 17.1 Å². The van der Waals surface area contributed by atoms with Gasteiger partial charge in [0, 0.05) is 20.1 Å². The Bertz CT molecular complexity index is 545. The molecule has 0 bridgehead atoms.